The second-order valence-corrected chi connectivity index (χ2v) is 8.84. The topological polar surface area (TPSA) is 55.4 Å². The summed E-state index contributed by atoms with van der Waals surface area (Å²) in [6.07, 6.45) is 0.747. The van der Waals surface area contributed by atoms with Gasteiger partial charge in [0.1, 0.15) is 6.10 Å². The molecule has 3 fully saturated rings. The van der Waals surface area contributed by atoms with Crippen molar-refractivity contribution in [2.75, 3.05) is 5.32 Å². The second-order valence-electron chi connectivity index (χ2n) is 6.17. The number of hydrogen-bond donors (Lipinski definition) is 1. The Balaban J connectivity index is 1.61. The van der Waals surface area contributed by atoms with Crippen molar-refractivity contribution in [2.45, 2.75) is 17.4 Å². The summed E-state index contributed by atoms with van der Waals surface area (Å²) in [5, 5.41) is 3.45. The number of anilines is 1. The third-order valence-electron chi connectivity index (χ3n) is 5.12. The second kappa shape index (κ2) is 5.61. The molecule has 2 aliphatic carbocycles. The maximum absolute atomic E-state index is 12.8. The Morgan fingerprint density at radius 2 is 2.00 bits per heavy atom. The summed E-state index contributed by atoms with van der Waals surface area (Å²) in [6, 6.07) is 3.41. The van der Waals surface area contributed by atoms with E-state index in [2.05, 4.69) is 37.2 Å². The fourth-order valence-corrected chi connectivity index (χ4v) is 6.03. The molecule has 3 aliphatic rings. The van der Waals surface area contributed by atoms with Gasteiger partial charge >= 0.3 is 5.97 Å². The lowest BCUT2D eigenvalue weighted by atomic mass is 9.79. The van der Waals surface area contributed by atoms with Gasteiger partial charge in [0.2, 0.25) is 5.91 Å². The summed E-state index contributed by atoms with van der Waals surface area (Å²) in [4.78, 5) is 24.9. The predicted octanol–water partition coefficient (Wildman–Crippen LogP) is 4.27. The number of ether oxygens (including phenoxy) is 1. The third kappa shape index (κ3) is 2.29. The van der Waals surface area contributed by atoms with Crippen molar-refractivity contribution in [2.24, 2.45) is 23.7 Å². The molecule has 1 saturated heterocycles. The number of alkyl halides is 1. The molecule has 1 N–H and O–H groups in total. The largest absolute Gasteiger partial charge is 0.461 e. The van der Waals surface area contributed by atoms with Gasteiger partial charge in [-0.05, 0) is 40.4 Å². The first-order valence-electron chi connectivity index (χ1n) is 7.19. The minimum Gasteiger partial charge on any atom is -0.461 e. The summed E-state index contributed by atoms with van der Waals surface area (Å²) in [5.74, 6) is -0.963. The number of fused-ring (bicyclic) bond motifs is 1. The molecule has 122 valence electrons. The van der Waals surface area contributed by atoms with Gasteiger partial charge in [0.05, 0.1) is 32.4 Å². The molecule has 1 aromatic rings. The Labute approximate surface area is 159 Å². The molecule has 1 heterocycles. The van der Waals surface area contributed by atoms with E-state index in [0.29, 0.717) is 15.2 Å². The molecule has 4 rings (SSSR count). The van der Waals surface area contributed by atoms with Gasteiger partial charge in [-0.3, -0.25) is 9.59 Å². The first-order valence-corrected chi connectivity index (χ1v) is 9.65. The molecule has 4 nitrogen and oxygen atoms in total. The normalized spacial score (nSPS) is 37.1. The van der Waals surface area contributed by atoms with Crippen molar-refractivity contribution in [3.05, 3.63) is 26.7 Å². The molecule has 2 bridgehead atoms. The van der Waals surface area contributed by atoms with Gasteiger partial charge in [-0.25, -0.2) is 0 Å². The first-order chi connectivity index (χ1) is 10.9. The summed E-state index contributed by atoms with van der Waals surface area (Å²) in [5.41, 5.74) is 0.446. The lowest BCUT2D eigenvalue weighted by molar-refractivity contribution is -0.145. The number of carbonyl (C=O) groups is 2. The lowest BCUT2D eigenvalue weighted by Gasteiger charge is -2.27. The standard InChI is InChI=1S/C15H11Br2Cl2NO3/c16-6-1-2-7(12(19)11(6)18)20-14(21)8-4-3-5-9(8)15(22)23-13(5)10(4)17/h1-2,4-5,8-10,13H,3H2,(H,20,21). The zero-order chi connectivity index (χ0) is 16.5. The molecular formula is C15H11Br2Cl2NO3. The minimum absolute atomic E-state index is 0.0370. The third-order valence-corrected chi connectivity index (χ3v) is 8.09. The lowest BCUT2D eigenvalue weighted by Crippen LogP contribution is -2.40. The Kier molecular flexibility index (Phi) is 3.95. The SMILES string of the molecule is O=C(Nc1ccc(Br)c(Cl)c1Cl)C1C2CC3C(OC(=O)C31)C2Br. The van der Waals surface area contributed by atoms with Crippen LogP contribution in [0.5, 0.6) is 0 Å². The van der Waals surface area contributed by atoms with E-state index in [4.69, 9.17) is 27.9 Å². The zero-order valence-electron chi connectivity index (χ0n) is 11.6. The average molecular weight is 484 g/mol. The molecule has 6 unspecified atom stereocenters. The fraction of sp³-hybridized carbons (Fsp3) is 0.467. The number of halogens is 4. The van der Waals surface area contributed by atoms with E-state index in [-0.39, 0.29) is 45.6 Å². The smallest absolute Gasteiger partial charge is 0.310 e. The number of nitrogens with one attached hydrogen (secondary N) is 1. The van der Waals surface area contributed by atoms with Gasteiger partial charge in [-0.1, -0.05) is 39.1 Å². The van der Waals surface area contributed by atoms with Crippen LogP contribution in [-0.2, 0) is 14.3 Å². The van der Waals surface area contributed by atoms with Gasteiger partial charge < -0.3 is 10.1 Å². The summed E-state index contributed by atoms with van der Waals surface area (Å²) in [7, 11) is 0. The van der Waals surface area contributed by atoms with Crippen LogP contribution in [0.1, 0.15) is 6.42 Å². The van der Waals surface area contributed by atoms with E-state index in [9.17, 15) is 9.59 Å². The Bertz CT molecular complexity index is 729. The molecule has 0 spiro atoms. The van der Waals surface area contributed by atoms with Crippen molar-refractivity contribution >= 4 is 72.6 Å². The maximum Gasteiger partial charge on any atom is 0.310 e. The van der Waals surface area contributed by atoms with E-state index in [1.165, 1.54) is 0 Å². The first kappa shape index (κ1) is 16.2. The number of hydrogen-bond acceptors (Lipinski definition) is 3. The molecule has 2 saturated carbocycles. The van der Waals surface area contributed by atoms with Crippen LogP contribution < -0.4 is 5.32 Å². The highest BCUT2D eigenvalue weighted by Crippen LogP contribution is 2.60. The molecule has 1 aromatic carbocycles. The average Bonchev–Trinajstić information content (AvgIpc) is 3.12. The number of esters is 1. The van der Waals surface area contributed by atoms with Gasteiger partial charge in [0.25, 0.3) is 0 Å². The van der Waals surface area contributed by atoms with Crippen LogP contribution in [0, 0.1) is 23.7 Å². The Hall–Kier alpha value is -0.300. The molecule has 0 aromatic heterocycles. The summed E-state index contributed by atoms with van der Waals surface area (Å²) < 4.78 is 6.08. The van der Waals surface area contributed by atoms with E-state index < -0.39 is 5.92 Å². The van der Waals surface area contributed by atoms with E-state index in [1.807, 2.05) is 0 Å². The highest BCUT2D eigenvalue weighted by atomic mass is 79.9. The van der Waals surface area contributed by atoms with Gasteiger partial charge in [0.15, 0.2) is 0 Å². The van der Waals surface area contributed by atoms with Gasteiger partial charge in [0, 0.05) is 10.4 Å². The van der Waals surface area contributed by atoms with Crippen LogP contribution in [0.15, 0.2) is 16.6 Å². The Morgan fingerprint density at radius 3 is 2.74 bits per heavy atom. The van der Waals surface area contributed by atoms with Crippen LogP contribution in [0.2, 0.25) is 10.0 Å². The van der Waals surface area contributed by atoms with Crippen LogP contribution in [0.25, 0.3) is 0 Å². The van der Waals surface area contributed by atoms with Gasteiger partial charge in [-0.15, -0.1) is 0 Å². The molecule has 8 heteroatoms. The predicted molar refractivity (Wildman–Crippen MR) is 94.0 cm³/mol. The molecular weight excluding hydrogens is 473 g/mol. The van der Waals surface area contributed by atoms with Crippen molar-refractivity contribution in [3.63, 3.8) is 0 Å². The highest BCUT2D eigenvalue weighted by molar-refractivity contribution is 9.10. The van der Waals surface area contributed by atoms with Crippen LogP contribution in [0.3, 0.4) is 0 Å². The number of benzene rings is 1. The molecule has 6 atom stereocenters. The Morgan fingerprint density at radius 1 is 1.26 bits per heavy atom. The molecule has 23 heavy (non-hydrogen) atoms. The fourth-order valence-electron chi connectivity index (χ4n) is 4.17. The van der Waals surface area contributed by atoms with Crippen molar-refractivity contribution in [1.29, 1.82) is 0 Å². The van der Waals surface area contributed by atoms with Crippen molar-refractivity contribution in [1.82, 2.24) is 0 Å². The molecule has 1 amide bonds. The minimum atomic E-state index is -0.394. The van der Waals surface area contributed by atoms with Crippen LogP contribution in [0.4, 0.5) is 5.69 Å². The quantitative estimate of drug-likeness (QED) is 0.388. The number of carbonyl (C=O) groups excluding carboxylic acids is 2. The molecule has 1 aliphatic heterocycles. The summed E-state index contributed by atoms with van der Waals surface area (Å²) in [6.45, 7) is 0. The molecule has 0 radical (unpaired) electrons. The van der Waals surface area contributed by atoms with E-state index in [0.717, 1.165) is 6.42 Å². The van der Waals surface area contributed by atoms with Crippen LogP contribution >= 0.6 is 55.1 Å². The number of rotatable bonds is 2. The zero-order valence-corrected chi connectivity index (χ0v) is 16.2. The number of amides is 1. The van der Waals surface area contributed by atoms with Gasteiger partial charge in [-0.2, -0.15) is 0 Å². The van der Waals surface area contributed by atoms with E-state index >= 15 is 0 Å². The highest BCUT2D eigenvalue weighted by Gasteiger charge is 2.67. The summed E-state index contributed by atoms with van der Waals surface area (Å²) >= 11 is 19.2. The maximum atomic E-state index is 12.8. The van der Waals surface area contributed by atoms with Crippen molar-refractivity contribution < 1.29 is 14.3 Å². The van der Waals surface area contributed by atoms with E-state index in [1.54, 1.807) is 12.1 Å². The monoisotopic (exact) mass is 481 g/mol. The van der Waals surface area contributed by atoms with Crippen LogP contribution in [-0.4, -0.2) is 22.8 Å². The van der Waals surface area contributed by atoms with Crippen molar-refractivity contribution in [3.8, 4) is 0 Å².